The molecular formula is C17H18FN5. The number of halogens is 1. The molecule has 23 heavy (non-hydrogen) atoms. The van der Waals surface area contributed by atoms with Gasteiger partial charge in [-0.25, -0.2) is 4.39 Å². The first-order valence-electron chi connectivity index (χ1n) is 7.57. The van der Waals surface area contributed by atoms with Crippen molar-refractivity contribution in [1.29, 1.82) is 5.26 Å². The lowest BCUT2D eigenvalue weighted by molar-refractivity contribution is 0.605. The van der Waals surface area contributed by atoms with E-state index in [2.05, 4.69) is 10.2 Å². The molecule has 0 spiro atoms. The molecule has 1 aliphatic rings. The van der Waals surface area contributed by atoms with Crippen LogP contribution in [0.1, 0.15) is 30.1 Å². The molecule has 6 heteroatoms. The van der Waals surface area contributed by atoms with Gasteiger partial charge in [0.25, 0.3) is 0 Å². The summed E-state index contributed by atoms with van der Waals surface area (Å²) in [5, 5.41) is 17.4. The fourth-order valence-corrected chi connectivity index (χ4v) is 2.92. The van der Waals surface area contributed by atoms with Gasteiger partial charge in [-0.1, -0.05) is 0 Å². The molecule has 0 saturated carbocycles. The van der Waals surface area contributed by atoms with E-state index in [0.717, 1.165) is 30.9 Å². The second kappa shape index (κ2) is 6.21. The minimum absolute atomic E-state index is 0.0150. The molecule has 0 bridgehead atoms. The first-order valence-corrected chi connectivity index (χ1v) is 7.57. The number of hydrogen-bond donors (Lipinski definition) is 0. The molecule has 1 aliphatic heterocycles. The number of rotatable bonds is 3. The molecule has 1 saturated heterocycles. The van der Waals surface area contributed by atoms with E-state index < -0.39 is 0 Å². The molecule has 0 N–H and O–H groups in total. The molecule has 0 aliphatic carbocycles. The van der Waals surface area contributed by atoms with Crippen molar-refractivity contribution < 1.29 is 4.39 Å². The third-order valence-corrected chi connectivity index (χ3v) is 4.11. The van der Waals surface area contributed by atoms with Crippen LogP contribution in [-0.2, 0) is 0 Å². The van der Waals surface area contributed by atoms with Gasteiger partial charge in [0.05, 0.1) is 29.1 Å². The van der Waals surface area contributed by atoms with Gasteiger partial charge in [-0.3, -0.25) is 0 Å². The highest BCUT2D eigenvalue weighted by atomic mass is 19.1. The lowest BCUT2D eigenvalue weighted by atomic mass is 10.1. The first kappa shape index (κ1) is 15.2. The molecule has 1 unspecified atom stereocenters. The van der Waals surface area contributed by atoms with Gasteiger partial charge in [-0.2, -0.15) is 10.4 Å². The Morgan fingerprint density at radius 3 is 2.70 bits per heavy atom. The molecule has 118 valence electrons. The standard InChI is InChI=1S/C17H18FN5/c1-22(2)17-8-6-14(20-21-17)16-4-3-9-23(16)15-7-5-12(11-19)10-13(15)18/h5-8,10,16H,3-4,9H2,1-2H3. The monoisotopic (exact) mass is 311 g/mol. The normalized spacial score (nSPS) is 17.1. The maximum absolute atomic E-state index is 14.3. The summed E-state index contributed by atoms with van der Waals surface area (Å²) in [5.41, 5.74) is 1.69. The summed E-state index contributed by atoms with van der Waals surface area (Å²) in [6.45, 7) is 0.768. The summed E-state index contributed by atoms with van der Waals surface area (Å²) in [4.78, 5) is 3.90. The minimum atomic E-state index is -0.367. The van der Waals surface area contributed by atoms with Crippen LogP contribution in [0.25, 0.3) is 0 Å². The Hall–Kier alpha value is -2.68. The van der Waals surface area contributed by atoms with Crippen molar-refractivity contribution in [2.24, 2.45) is 0 Å². The van der Waals surface area contributed by atoms with Crippen LogP contribution in [0.3, 0.4) is 0 Å². The maximum atomic E-state index is 14.3. The molecule has 1 aromatic carbocycles. The molecule has 0 radical (unpaired) electrons. The van der Waals surface area contributed by atoms with E-state index in [0.29, 0.717) is 11.3 Å². The summed E-state index contributed by atoms with van der Waals surface area (Å²) < 4.78 is 14.3. The Kier molecular flexibility index (Phi) is 4.11. The van der Waals surface area contributed by atoms with E-state index in [4.69, 9.17) is 5.26 Å². The third kappa shape index (κ3) is 2.95. The van der Waals surface area contributed by atoms with E-state index >= 15 is 0 Å². The second-order valence-corrected chi connectivity index (χ2v) is 5.84. The van der Waals surface area contributed by atoms with Crippen LogP contribution in [0.15, 0.2) is 30.3 Å². The second-order valence-electron chi connectivity index (χ2n) is 5.84. The molecule has 5 nitrogen and oxygen atoms in total. The van der Waals surface area contributed by atoms with Crippen LogP contribution < -0.4 is 9.80 Å². The van der Waals surface area contributed by atoms with Crippen LogP contribution in [0.2, 0.25) is 0 Å². The highest BCUT2D eigenvalue weighted by Crippen LogP contribution is 2.36. The average molecular weight is 311 g/mol. The van der Waals surface area contributed by atoms with E-state index in [-0.39, 0.29) is 11.9 Å². The third-order valence-electron chi connectivity index (χ3n) is 4.11. The molecule has 1 fully saturated rings. The van der Waals surface area contributed by atoms with E-state index in [9.17, 15) is 4.39 Å². The zero-order chi connectivity index (χ0) is 16.4. The van der Waals surface area contributed by atoms with Crippen molar-refractivity contribution in [1.82, 2.24) is 10.2 Å². The largest absolute Gasteiger partial charge is 0.361 e. The Morgan fingerprint density at radius 2 is 2.09 bits per heavy atom. The van der Waals surface area contributed by atoms with Crippen molar-refractivity contribution in [3.8, 4) is 6.07 Å². The van der Waals surface area contributed by atoms with Crippen LogP contribution in [0.5, 0.6) is 0 Å². The number of nitrogens with zero attached hydrogens (tertiary/aromatic N) is 5. The first-order chi connectivity index (χ1) is 11.1. The summed E-state index contributed by atoms with van der Waals surface area (Å²) in [6.07, 6.45) is 1.89. The predicted octanol–water partition coefficient (Wildman–Crippen LogP) is 2.89. The summed E-state index contributed by atoms with van der Waals surface area (Å²) in [6, 6.07) is 10.5. The fraction of sp³-hybridized carbons (Fsp3) is 0.353. The zero-order valence-electron chi connectivity index (χ0n) is 13.2. The molecular weight excluding hydrogens is 293 g/mol. The van der Waals surface area contributed by atoms with Crippen LogP contribution in [-0.4, -0.2) is 30.8 Å². The number of benzene rings is 1. The smallest absolute Gasteiger partial charge is 0.150 e. The van der Waals surface area contributed by atoms with Crippen molar-refractivity contribution >= 4 is 11.5 Å². The predicted molar refractivity (Wildman–Crippen MR) is 86.8 cm³/mol. The van der Waals surface area contributed by atoms with Crippen molar-refractivity contribution in [3.05, 3.63) is 47.4 Å². The van der Waals surface area contributed by atoms with E-state index in [1.807, 2.05) is 42.1 Å². The lowest BCUT2D eigenvalue weighted by Crippen LogP contribution is -2.24. The molecule has 2 heterocycles. The SMILES string of the molecule is CN(C)c1ccc(C2CCCN2c2ccc(C#N)cc2F)nn1. The molecule has 1 atom stereocenters. The van der Waals surface area contributed by atoms with Crippen molar-refractivity contribution in [2.45, 2.75) is 18.9 Å². The highest BCUT2D eigenvalue weighted by Gasteiger charge is 2.29. The Labute approximate surface area is 135 Å². The van der Waals surface area contributed by atoms with Crippen LogP contribution in [0.4, 0.5) is 15.9 Å². The minimum Gasteiger partial charge on any atom is -0.361 e. The van der Waals surface area contributed by atoms with Gasteiger partial charge in [0.2, 0.25) is 0 Å². The number of hydrogen-bond acceptors (Lipinski definition) is 5. The Balaban J connectivity index is 1.90. The molecule has 0 amide bonds. The quantitative estimate of drug-likeness (QED) is 0.872. The van der Waals surface area contributed by atoms with Gasteiger partial charge < -0.3 is 9.80 Å². The summed E-state index contributed by atoms with van der Waals surface area (Å²) in [7, 11) is 3.83. The molecule has 1 aromatic heterocycles. The van der Waals surface area contributed by atoms with Crippen molar-refractivity contribution in [3.63, 3.8) is 0 Å². The number of anilines is 2. The summed E-state index contributed by atoms with van der Waals surface area (Å²) >= 11 is 0. The highest BCUT2D eigenvalue weighted by molar-refractivity contribution is 5.53. The number of aromatic nitrogens is 2. The summed E-state index contributed by atoms with van der Waals surface area (Å²) in [5.74, 6) is 0.427. The van der Waals surface area contributed by atoms with Crippen LogP contribution in [0, 0.1) is 17.1 Å². The van der Waals surface area contributed by atoms with E-state index in [1.165, 1.54) is 6.07 Å². The lowest BCUT2D eigenvalue weighted by Gasteiger charge is -2.26. The Morgan fingerprint density at radius 1 is 1.26 bits per heavy atom. The number of nitriles is 1. The topological polar surface area (TPSA) is 56.0 Å². The van der Waals surface area contributed by atoms with Crippen LogP contribution >= 0.6 is 0 Å². The Bertz CT molecular complexity index is 736. The van der Waals surface area contributed by atoms with Gasteiger partial charge in [0.1, 0.15) is 5.82 Å². The zero-order valence-corrected chi connectivity index (χ0v) is 13.2. The van der Waals surface area contributed by atoms with Gasteiger partial charge in [0.15, 0.2) is 5.82 Å². The van der Waals surface area contributed by atoms with Gasteiger partial charge >= 0.3 is 0 Å². The molecule has 3 rings (SSSR count). The van der Waals surface area contributed by atoms with Crippen molar-refractivity contribution in [2.75, 3.05) is 30.4 Å². The average Bonchev–Trinajstić information content (AvgIpc) is 3.04. The van der Waals surface area contributed by atoms with Gasteiger partial charge in [-0.15, -0.1) is 5.10 Å². The maximum Gasteiger partial charge on any atom is 0.150 e. The van der Waals surface area contributed by atoms with Gasteiger partial charge in [-0.05, 0) is 43.2 Å². The van der Waals surface area contributed by atoms with E-state index in [1.54, 1.807) is 12.1 Å². The fourth-order valence-electron chi connectivity index (χ4n) is 2.92. The van der Waals surface area contributed by atoms with Gasteiger partial charge in [0, 0.05) is 20.6 Å². The molecule has 2 aromatic rings.